The van der Waals surface area contributed by atoms with Gasteiger partial charge in [-0.2, -0.15) is 0 Å². The highest BCUT2D eigenvalue weighted by atomic mass is 32.1. The number of benzene rings is 1. The Morgan fingerprint density at radius 1 is 1.35 bits per heavy atom. The third-order valence-electron chi connectivity index (χ3n) is 3.45. The number of thiocarbonyl (C=S) groups is 1. The van der Waals surface area contributed by atoms with E-state index in [4.69, 9.17) is 27.8 Å². The molecule has 4 nitrogen and oxygen atoms in total. The molecule has 0 amide bonds. The maximum atomic E-state index is 9.04. The Hall–Kier alpha value is -1.17. The van der Waals surface area contributed by atoms with Crippen LogP contribution in [0.3, 0.4) is 0 Å². The van der Waals surface area contributed by atoms with Crippen molar-refractivity contribution in [2.45, 2.75) is 25.3 Å². The number of nitrogens with zero attached hydrogens (tertiary/aromatic N) is 1. The van der Waals surface area contributed by atoms with Gasteiger partial charge in [-0.25, -0.2) is 0 Å². The van der Waals surface area contributed by atoms with E-state index in [1.807, 2.05) is 24.3 Å². The summed E-state index contributed by atoms with van der Waals surface area (Å²) in [4.78, 5) is 2.70. The average Bonchev–Trinajstić information content (AvgIpc) is 3.27. The van der Waals surface area contributed by atoms with E-state index in [0.717, 1.165) is 30.8 Å². The van der Waals surface area contributed by atoms with Crippen LogP contribution in [0.25, 0.3) is 0 Å². The Balaban J connectivity index is 1.76. The van der Waals surface area contributed by atoms with E-state index in [2.05, 4.69) is 4.90 Å². The summed E-state index contributed by atoms with van der Waals surface area (Å²) in [5.74, 6) is 0.750. The molecule has 3 N–H and O–H groups in total. The van der Waals surface area contributed by atoms with Gasteiger partial charge in [0, 0.05) is 19.1 Å². The Kier molecular flexibility index (Phi) is 5.76. The maximum absolute atomic E-state index is 9.04. The lowest BCUT2D eigenvalue weighted by atomic mass is 10.2. The van der Waals surface area contributed by atoms with Crippen molar-refractivity contribution >= 4 is 17.2 Å². The summed E-state index contributed by atoms with van der Waals surface area (Å²) >= 11 is 5.01. The lowest BCUT2D eigenvalue weighted by Gasteiger charge is -2.20. The molecule has 5 heteroatoms. The Morgan fingerprint density at radius 2 is 2.10 bits per heavy atom. The van der Waals surface area contributed by atoms with Crippen LogP contribution in [0.2, 0.25) is 0 Å². The summed E-state index contributed by atoms with van der Waals surface area (Å²) in [6.07, 6.45) is 3.44. The predicted molar refractivity (Wildman–Crippen MR) is 84.1 cm³/mol. The molecule has 2 rings (SSSR count). The van der Waals surface area contributed by atoms with Crippen molar-refractivity contribution in [1.29, 1.82) is 0 Å². The number of rotatable bonds is 9. The second kappa shape index (κ2) is 7.57. The van der Waals surface area contributed by atoms with Crippen LogP contribution in [0.1, 0.15) is 24.8 Å². The summed E-state index contributed by atoms with van der Waals surface area (Å²) < 4.78 is 5.77. The van der Waals surface area contributed by atoms with Crippen molar-refractivity contribution in [3.8, 4) is 5.75 Å². The third-order valence-corrected chi connectivity index (χ3v) is 3.67. The summed E-state index contributed by atoms with van der Waals surface area (Å²) in [6.45, 7) is 2.57. The van der Waals surface area contributed by atoms with Gasteiger partial charge in [0.2, 0.25) is 0 Å². The normalized spacial score (nSPS) is 14.5. The van der Waals surface area contributed by atoms with Crippen molar-refractivity contribution in [2.75, 3.05) is 26.3 Å². The summed E-state index contributed by atoms with van der Waals surface area (Å²) in [6, 6.07) is 8.25. The van der Waals surface area contributed by atoms with Crippen LogP contribution in [-0.2, 0) is 0 Å². The van der Waals surface area contributed by atoms with Gasteiger partial charge in [-0.05, 0) is 31.4 Å². The van der Waals surface area contributed by atoms with Crippen LogP contribution < -0.4 is 10.5 Å². The smallest absolute Gasteiger partial charge is 0.129 e. The van der Waals surface area contributed by atoms with E-state index in [9.17, 15) is 0 Å². The molecule has 0 radical (unpaired) electrons. The monoisotopic (exact) mass is 294 g/mol. The number of hydrogen-bond acceptors (Lipinski definition) is 4. The number of aliphatic hydroxyl groups excluding tert-OH is 1. The molecule has 1 aromatic rings. The van der Waals surface area contributed by atoms with E-state index >= 15 is 0 Å². The Labute approximate surface area is 125 Å². The molecular formula is C15H22N2O2S. The number of nitrogens with two attached hydrogens (primary N) is 1. The second-order valence-corrected chi connectivity index (χ2v) is 5.49. The van der Waals surface area contributed by atoms with Crippen LogP contribution in [0.5, 0.6) is 5.75 Å². The van der Waals surface area contributed by atoms with Crippen LogP contribution >= 0.6 is 12.2 Å². The fraction of sp³-hybridized carbons (Fsp3) is 0.533. The zero-order chi connectivity index (χ0) is 14.4. The zero-order valence-corrected chi connectivity index (χ0v) is 12.4. The number of aliphatic hydroxyl groups is 1. The molecule has 1 saturated carbocycles. The van der Waals surface area contributed by atoms with Crippen LogP contribution in [0.4, 0.5) is 0 Å². The number of para-hydroxylation sites is 1. The van der Waals surface area contributed by atoms with Crippen molar-refractivity contribution < 1.29 is 9.84 Å². The van der Waals surface area contributed by atoms with E-state index in [0.29, 0.717) is 17.6 Å². The first-order chi connectivity index (χ1) is 9.72. The maximum Gasteiger partial charge on any atom is 0.129 e. The van der Waals surface area contributed by atoms with Gasteiger partial charge in [0.15, 0.2) is 0 Å². The van der Waals surface area contributed by atoms with Gasteiger partial charge < -0.3 is 15.6 Å². The molecular weight excluding hydrogens is 272 g/mol. The second-order valence-electron chi connectivity index (χ2n) is 5.05. The molecule has 1 aliphatic rings. The number of hydrogen-bond donors (Lipinski definition) is 2. The highest BCUT2D eigenvalue weighted by Crippen LogP contribution is 2.26. The van der Waals surface area contributed by atoms with E-state index in [-0.39, 0.29) is 6.61 Å². The third kappa shape index (κ3) is 4.44. The highest BCUT2D eigenvalue weighted by Gasteiger charge is 2.27. The molecule has 0 spiro atoms. The summed E-state index contributed by atoms with van der Waals surface area (Å²) in [7, 11) is 0. The summed E-state index contributed by atoms with van der Waals surface area (Å²) in [5, 5.41) is 9.04. The number of ether oxygens (including phenoxy) is 1. The zero-order valence-electron chi connectivity index (χ0n) is 11.6. The largest absolute Gasteiger partial charge is 0.493 e. The fourth-order valence-corrected chi connectivity index (χ4v) is 2.46. The summed E-state index contributed by atoms with van der Waals surface area (Å²) in [5.41, 5.74) is 6.46. The first-order valence-electron chi connectivity index (χ1n) is 7.09. The van der Waals surface area contributed by atoms with Crippen molar-refractivity contribution in [2.24, 2.45) is 5.73 Å². The van der Waals surface area contributed by atoms with Gasteiger partial charge in [0.1, 0.15) is 10.7 Å². The van der Waals surface area contributed by atoms with E-state index in [1.165, 1.54) is 12.8 Å². The molecule has 1 fully saturated rings. The van der Waals surface area contributed by atoms with Crippen molar-refractivity contribution in [3.63, 3.8) is 0 Å². The van der Waals surface area contributed by atoms with Gasteiger partial charge in [-0.15, -0.1) is 0 Å². The Morgan fingerprint density at radius 3 is 2.75 bits per heavy atom. The van der Waals surface area contributed by atoms with Gasteiger partial charge in [-0.3, -0.25) is 4.90 Å². The van der Waals surface area contributed by atoms with Crippen LogP contribution in [-0.4, -0.2) is 47.3 Å². The average molecular weight is 294 g/mol. The molecule has 0 bridgehead atoms. The molecule has 0 heterocycles. The van der Waals surface area contributed by atoms with Crippen LogP contribution in [0.15, 0.2) is 24.3 Å². The molecule has 0 unspecified atom stereocenters. The first kappa shape index (κ1) is 15.2. The van der Waals surface area contributed by atoms with Crippen molar-refractivity contribution in [3.05, 3.63) is 29.8 Å². The molecule has 0 atom stereocenters. The van der Waals surface area contributed by atoms with E-state index < -0.39 is 0 Å². The van der Waals surface area contributed by atoms with Crippen LogP contribution in [0, 0.1) is 0 Å². The quantitative estimate of drug-likeness (QED) is 0.534. The minimum Gasteiger partial charge on any atom is -0.493 e. The highest BCUT2D eigenvalue weighted by molar-refractivity contribution is 7.80. The topological polar surface area (TPSA) is 58.7 Å². The minimum absolute atomic E-state index is 0.224. The molecule has 0 saturated heterocycles. The Bertz CT molecular complexity index is 449. The van der Waals surface area contributed by atoms with Crippen molar-refractivity contribution in [1.82, 2.24) is 4.90 Å². The van der Waals surface area contributed by atoms with Gasteiger partial charge in [0.05, 0.1) is 18.8 Å². The molecule has 0 aliphatic heterocycles. The molecule has 110 valence electrons. The van der Waals surface area contributed by atoms with Gasteiger partial charge in [-0.1, -0.05) is 24.4 Å². The molecule has 1 aliphatic carbocycles. The molecule has 20 heavy (non-hydrogen) atoms. The lowest BCUT2D eigenvalue weighted by molar-refractivity contribution is 0.177. The first-order valence-corrected chi connectivity index (χ1v) is 7.49. The predicted octanol–water partition coefficient (Wildman–Crippen LogP) is 1.55. The van der Waals surface area contributed by atoms with E-state index in [1.54, 1.807) is 0 Å². The standard InChI is InChI=1S/C15H22N2O2S/c16-15(20)13-4-1-2-5-14(13)19-11-3-8-17(9-10-18)12-6-7-12/h1-2,4-5,12,18H,3,6-11H2,(H2,16,20). The minimum atomic E-state index is 0.224. The molecule has 0 aromatic heterocycles. The van der Waals surface area contributed by atoms with Gasteiger partial charge in [0.25, 0.3) is 0 Å². The SMILES string of the molecule is NC(=S)c1ccccc1OCCCN(CCO)C1CC1. The fourth-order valence-electron chi connectivity index (χ4n) is 2.29. The van der Waals surface area contributed by atoms with Gasteiger partial charge >= 0.3 is 0 Å². The lowest BCUT2D eigenvalue weighted by Crippen LogP contribution is -2.31. The molecule has 1 aromatic carbocycles.